The van der Waals surface area contributed by atoms with Gasteiger partial charge in [0, 0.05) is 5.69 Å². The van der Waals surface area contributed by atoms with Crippen LogP contribution in [0.2, 0.25) is 0 Å². The molecule has 3 rings (SSSR count). The van der Waals surface area contributed by atoms with Gasteiger partial charge in [-0.15, -0.1) is 0 Å². The number of nitrogens with zero attached hydrogens (tertiary/aromatic N) is 1. The van der Waals surface area contributed by atoms with Gasteiger partial charge in [0.2, 0.25) is 0 Å². The first kappa shape index (κ1) is 15.3. The van der Waals surface area contributed by atoms with Crippen LogP contribution in [0.3, 0.4) is 0 Å². The lowest BCUT2D eigenvalue weighted by molar-refractivity contribution is -0.138. The lowest BCUT2D eigenvalue weighted by Crippen LogP contribution is -2.31. The van der Waals surface area contributed by atoms with Crippen molar-refractivity contribution < 1.29 is 9.59 Å². The van der Waals surface area contributed by atoms with E-state index in [0.717, 1.165) is 21.7 Å². The summed E-state index contributed by atoms with van der Waals surface area (Å²) >= 11 is 6.09. The van der Waals surface area contributed by atoms with E-state index in [4.69, 9.17) is 11.6 Å². The van der Waals surface area contributed by atoms with Crippen LogP contribution in [0.25, 0.3) is 0 Å². The predicted octanol–water partition coefficient (Wildman–Crippen LogP) is 3.43. The van der Waals surface area contributed by atoms with Crippen molar-refractivity contribution >= 4 is 29.1 Å². The summed E-state index contributed by atoms with van der Waals surface area (Å²) in [7, 11) is 0. The first-order chi connectivity index (χ1) is 11.1. The Bertz CT molecular complexity index is 800. The molecule has 0 saturated heterocycles. The molecule has 0 aromatic heterocycles. The molecular weight excluding hydrogens is 312 g/mol. The van der Waals surface area contributed by atoms with Gasteiger partial charge in [0.05, 0.1) is 6.54 Å². The minimum Gasteiger partial charge on any atom is -0.349 e. The molecule has 0 unspecified atom stereocenters. The Labute approximate surface area is 139 Å². The molecule has 1 aliphatic heterocycles. The molecule has 4 nitrogen and oxygen atoms in total. The highest BCUT2D eigenvalue weighted by Gasteiger charge is 2.37. The summed E-state index contributed by atoms with van der Waals surface area (Å²) in [5.41, 5.74) is 2.72. The van der Waals surface area contributed by atoms with Crippen LogP contribution >= 0.6 is 11.6 Å². The summed E-state index contributed by atoms with van der Waals surface area (Å²) in [6.07, 6.45) is 0. The number of halogens is 1. The van der Waals surface area contributed by atoms with E-state index in [9.17, 15) is 9.59 Å². The molecule has 5 heteroatoms. The zero-order valence-electron chi connectivity index (χ0n) is 12.5. The molecule has 0 fully saturated rings. The number of nitrogens with one attached hydrogen (secondary N) is 1. The van der Waals surface area contributed by atoms with Crippen LogP contribution in [-0.2, 0) is 16.1 Å². The Hall–Kier alpha value is -2.59. The van der Waals surface area contributed by atoms with Crippen LogP contribution < -0.4 is 5.32 Å². The molecule has 116 valence electrons. The summed E-state index contributed by atoms with van der Waals surface area (Å²) in [6.45, 7) is 2.12. The van der Waals surface area contributed by atoms with Crippen molar-refractivity contribution in [2.45, 2.75) is 13.5 Å². The number of rotatable bonds is 4. The number of imide groups is 1. The Kier molecular flexibility index (Phi) is 4.17. The van der Waals surface area contributed by atoms with Crippen molar-refractivity contribution in [1.82, 2.24) is 4.90 Å². The highest BCUT2D eigenvalue weighted by molar-refractivity contribution is 6.48. The molecule has 2 aromatic carbocycles. The molecular formula is C18H15ClN2O2. The van der Waals surface area contributed by atoms with Crippen molar-refractivity contribution in [3.8, 4) is 0 Å². The maximum Gasteiger partial charge on any atom is 0.279 e. The van der Waals surface area contributed by atoms with Crippen LogP contribution in [0.15, 0.2) is 65.3 Å². The van der Waals surface area contributed by atoms with Crippen LogP contribution in [0.5, 0.6) is 0 Å². The minimum absolute atomic E-state index is 0.0748. The van der Waals surface area contributed by atoms with Gasteiger partial charge in [-0.25, -0.2) is 0 Å². The molecule has 0 spiro atoms. The number of anilines is 1. The third kappa shape index (κ3) is 2.98. The summed E-state index contributed by atoms with van der Waals surface area (Å²) in [6, 6.07) is 16.8. The smallest absolute Gasteiger partial charge is 0.279 e. The third-order valence-electron chi connectivity index (χ3n) is 3.70. The van der Waals surface area contributed by atoms with Crippen LogP contribution in [0.4, 0.5) is 5.69 Å². The summed E-state index contributed by atoms with van der Waals surface area (Å²) in [5.74, 6) is -0.885. The van der Waals surface area contributed by atoms with Gasteiger partial charge in [-0.05, 0) is 24.1 Å². The lowest BCUT2D eigenvalue weighted by atomic mass is 10.2. The molecule has 23 heavy (non-hydrogen) atoms. The van der Waals surface area contributed by atoms with Gasteiger partial charge in [0.25, 0.3) is 11.8 Å². The second-order valence-corrected chi connectivity index (χ2v) is 5.69. The zero-order valence-corrected chi connectivity index (χ0v) is 13.3. The summed E-state index contributed by atoms with van der Waals surface area (Å²) in [4.78, 5) is 26.0. The topological polar surface area (TPSA) is 49.4 Å². The number of hydrogen-bond donors (Lipinski definition) is 1. The van der Waals surface area contributed by atoms with Crippen molar-refractivity contribution in [3.63, 3.8) is 0 Å². The van der Waals surface area contributed by atoms with Gasteiger partial charge >= 0.3 is 0 Å². The Balaban J connectivity index is 1.84. The molecule has 0 atom stereocenters. The number of aryl methyl sites for hydroxylation is 1. The van der Waals surface area contributed by atoms with Gasteiger partial charge < -0.3 is 5.32 Å². The average molecular weight is 327 g/mol. The molecule has 1 N–H and O–H groups in total. The van der Waals surface area contributed by atoms with Crippen LogP contribution in [-0.4, -0.2) is 16.7 Å². The normalized spacial score (nSPS) is 14.6. The molecule has 0 saturated carbocycles. The Morgan fingerprint density at radius 3 is 2.30 bits per heavy atom. The molecule has 1 aliphatic rings. The van der Waals surface area contributed by atoms with Gasteiger partial charge in [0.15, 0.2) is 0 Å². The lowest BCUT2D eigenvalue weighted by Gasteiger charge is -2.15. The van der Waals surface area contributed by atoms with Gasteiger partial charge in [-0.3, -0.25) is 14.5 Å². The second kappa shape index (κ2) is 6.26. The summed E-state index contributed by atoms with van der Waals surface area (Å²) < 4.78 is 0. The van der Waals surface area contributed by atoms with Crippen molar-refractivity contribution in [2.75, 3.05) is 5.32 Å². The van der Waals surface area contributed by atoms with Crippen LogP contribution in [0.1, 0.15) is 11.1 Å². The van der Waals surface area contributed by atoms with Crippen molar-refractivity contribution in [3.05, 3.63) is 76.5 Å². The predicted molar refractivity (Wildman–Crippen MR) is 89.7 cm³/mol. The van der Waals surface area contributed by atoms with Gasteiger partial charge in [0.1, 0.15) is 10.7 Å². The quantitative estimate of drug-likeness (QED) is 0.876. The van der Waals surface area contributed by atoms with E-state index in [1.165, 1.54) is 0 Å². The number of benzene rings is 2. The molecule has 2 amide bonds. The number of hydrogen-bond acceptors (Lipinski definition) is 3. The fraction of sp³-hybridized carbons (Fsp3) is 0.111. The molecule has 1 heterocycles. The number of amides is 2. The van der Waals surface area contributed by atoms with E-state index >= 15 is 0 Å². The number of para-hydroxylation sites is 1. The standard InChI is InChI=1S/C18H15ClN2O2/c1-12-7-5-6-10-14(12)20-16-15(19)17(22)21(18(16)23)11-13-8-3-2-4-9-13/h2-10,20H,11H2,1H3. The highest BCUT2D eigenvalue weighted by Crippen LogP contribution is 2.27. The first-order valence-corrected chi connectivity index (χ1v) is 7.58. The Morgan fingerprint density at radius 2 is 1.61 bits per heavy atom. The molecule has 0 aliphatic carbocycles. The average Bonchev–Trinajstić information content (AvgIpc) is 2.76. The maximum absolute atomic E-state index is 12.5. The molecule has 2 aromatic rings. The fourth-order valence-electron chi connectivity index (χ4n) is 2.41. The summed E-state index contributed by atoms with van der Waals surface area (Å²) in [5, 5.41) is 2.92. The van der Waals surface area contributed by atoms with Gasteiger partial charge in [-0.2, -0.15) is 0 Å². The van der Waals surface area contributed by atoms with E-state index in [-0.39, 0.29) is 17.3 Å². The van der Waals surface area contributed by atoms with Gasteiger partial charge in [-0.1, -0.05) is 60.1 Å². The van der Waals surface area contributed by atoms with Crippen molar-refractivity contribution in [1.29, 1.82) is 0 Å². The maximum atomic E-state index is 12.5. The molecule has 0 bridgehead atoms. The highest BCUT2D eigenvalue weighted by atomic mass is 35.5. The monoisotopic (exact) mass is 326 g/mol. The largest absolute Gasteiger partial charge is 0.349 e. The Morgan fingerprint density at radius 1 is 0.957 bits per heavy atom. The third-order valence-corrected chi connectivity index (χ3v) is 4.05. The van der Waals surface area contributed by atoms with E-state index in [1.54, 1.807) is 0 Å². The van der Waals surface area contributed by atoms with E-state index in [2.05, 4.69) is 5.32 Å². The first-order valence-electron chi connectivity index (χ1n) is 7.20. The van der Waals surface area contributed by atoms with E-state index < -0.39 is 11.8 Å². The van der Waals surface area contributed by atoms with Crippen molar-refractivity contribution in [2.24, 2.45) is 0 Å². The van der Waals surface area contributed by atoms with E-state index in [1.807, 2.05) is 61.5 Å². The number of carbonyl (C=O) groups is 2. The number of carbonyl (C=O) groups excluding carboxylic acids is 2. The fourth-order valence-corrected chi connectivity index (χ4v) is 2.64. The second-order valence-electron chi connectivity index (χ2n) is 5.31. The minimum atomic E-state index is -0.475. The SMILES string of the molecule is Cc1ccccc1NC1=C(Cl)C(=O)N(Cc2ccccc2)C1=O. The zero-order chi connectivity index (χ0) is 16.4. The van der Waals surface area contributed by atoms with Crippen LogP contribution in [0, 0.1) is 6.92 Å². The molecule has 0 radical (unpaired) electrons. The van der Waals surface area contributed by atoms with E-state index in [0.29, 0.717) is 0 Å².